The molecule has 0 unspecified atom stereocenters. The summed E-state index contributed by atoms with van der Waals surface area (Å²) in [5.74, 6) is -2.50. The van der Waals surface area contributed by atoms with Crippen LogP contribution in [0.1, 0.15) is 15.9 Å². The number of amides is 1. The molecule has 91 valence electrons. The van der Waals surface area contributed by atoms with Crippen LogP contribution in [0.3, 0.4) is 0 Å². The molecule has 2 aromatic carbocycles. The van der Waals surface area contributed by atoms with Gasteiger partial charge in [-0.05, 0) is 23.8 Å². The third-order valence-corrected chi connectivity index (χ3v) is 2.43. The van der Waals surface area contributed by atoms with Gasteiger partial charge in [0.05, 0.1) is 0 Å². The van der Waals surface area contributed by atoms with Crippen molar-refractivity contribution in [2.24, 2.45) is 0 Å². The molecule has 0 aromatic heterocycles. The Hall–Kier alpha value is -2.23. The summed E-state index contributed by atoms with van der Waals surface area (Å²) < 4.78 is 26.6. The number of benzene rings is 2. The van der Waals surface area contributed by atoms with Gasteiger partial charge in [-0.25, -0.2) is 8.78 Å². The fraction of sp³-hybridized carbons (Fsp3) is 0.0714. The minimum absolute atomic E-state index is 0.210. The topological polar surface area (TPSA) is 29.1 Å². The number of nitrogens with one attached hydrogen (secondary N) is 1. The number of carbonyl (C=O) groups is 1. The second-order valence-electron chi connectivity index (χ2n) is 3.69. The highest BCUT2D eigenvalue weighted by atomic mass is 19.1. The van der Waals surface area contributed by atoms with Crippen molar-refractivity contribution in [3.8, 4) is 0 Å². The molecule has 0 saturated heterocycles. The van der Waals surface area contributed by atoms with Gasteiger partial charge in [-0.1, -0.05) is 30.3 Å². The number of halogens is 2. The molecule has 2 nitrogen and oxygen atoms in total. The largest absolute Gasteiger partial charge is 0.348 e. The fourth-order valence-corrected chi connectivity index (χ4v) is 1.52. The van der Waals surface area contributed by atoms with Gasteiger partial charge < -0.3 is 5.32 Å². The van der Waals surface area contributed by atoms with Crippen LogP contribution < -0.4 is 5.32 Å². The van der Waals surface area contributed by atoms with Crippen LogP contribution in [-0.2, 0) is 6.54 Å². The molecule has 1 N–H and O–H groups in total. The predicted octanol–water partition coefficient (Wildman–Crippen LogP) is 2.69. The van der Waals surface area contributed by atoms with Gasteiger partial charge >= 0.3 is 0 Å². The quantitative estimate of drug-likeness (QED) is 0.886. The molecule has 0 saturated carbocycles. The molecule has 0 bridgehead atoms. The Morgan fingerprint density at radius 3 is 2.33 bits per heavy atom. The molecule has 0 fully saturated rings. The van der Waals surface area contributed by atoms with E-state index in [9.17, 15) is 13.6 Å². The third kappa shape index (κ3) is 2.71. The van der Waals surface area contributed by atoms with Crippen molar-refractivity contribution >= 4 is 5.91 Å². The van der Waals surface area contributed by atoms with Crippen LogP contribution >= 0.6 is 0 Å². The maximum absolute atomic E-state index is 13.3. The maximum atomic E-state index is 13.3. The smallest absolute Gasteiger partial charge is 0.257 e. The highest BCUT2D eigenvalue weighted by Crippen LogP contribution is 2.11. The fourth-order valence-electron chi connectivity index (χ4n) is 1.52. The summed E-state index contributed by atoms with van der Waals surface area (Å²) in [6.45, 7) is 0.210. The van der Waals surface area contributed by atoms with Crippen molar-refractivity contribution in [2.45, 2.75) is 6.54 Å². The number of hydrogen-bond donors (Lipinski definition) is 1. The molecule has 0 aliphatic heterocycles. The van der Waals surface area contributed by atoms with Crippen LogP contribution in [0.5, 0.6) is 0 Å². The van der Waals surface area contributed by atoms with Crippen molar-refractivity contribution in [2.75, 3.05) is 0 Å². The van der Waals surface area contributed by atoms with Crippen LogP contribution in [0.15, 0.2) is 42.5 Å². The van der Waals surface area contributed by atoms with E-state index in [0.29, 0.717) is 0 Å². The zero-order valence-corrected chi connectivity index (χ0v) is 9.41. The van der Waals surface area contributed by atoms with E-state index in [0.717, 1.165) is 17.7 Å². The summed E-state index contributed by atoms with van der Waals surface area (Å²) in [5.41, 5.74) is 0.277. The Balaban J connectivity index is 2.09. The number of carbonyl (C=O) groups excluding carboxylic acids is 1. The second-order valence-corrected chi connectivity index (χ2v) is 3.69. The monoisotopic (exact) mass is 246 g/mol. The Morgan fingerprint density at radius 2 is 1.72 bits per heavy atom. The van der Waals surface area contributed by atoms with Gasteiger partial charge in [-0.15, -0.1) is 0 Å². The number of hydrogen-bond acceptors (Lipinski definition) is 1. The molecular formula is C14H10F2NO. The first-order chi connectivity index (χ1) is 8.68. The summed E-state index contributed by atoms with van der Waals surface area (Å²) in [4.78, 5) is 11.7. The van der Waals surface area contributed by atoms with Gasteiger partial charge in [0, 0.05) is 6.54 Å². The van der Waals surface area contributed by atoms with Gasteiger partial charge in [0.25, 0.3) is 5.91 Å². The first kappa shape index (κ1) is 12.2. The Morgan fingerprint density at radius 1 is 1.11 bits per heavy atom. The average Bonchev–Trinajstić information content (AvgIpc) is 2.37. The molecule has 4 heteroatoms. The van der Waals surface area contributed by atoms with Crippen molar-refractivity contribution in [1.82, 2.24) is 5.32 Å². The standard InChI is InChI=1S/C14H10F2NO/c15-11-7-4-8-12(16)13(11)14(18)17-9-10-5-2-1-3-6-10/h2-8H,9H2,(H,17,18). The molecule has 2 aromatic rings. The lowest BCUT2D eigenvalue weighted by molar-refractivity contribution is 0.0942. The van der Waals surface area contributed by atoms with Crippen LogP contribution in [0, 0.1) is 17.7 Å². The summed E-state index contributed by atoms with van der Waals surface area (Å²) >= 11 is 0. The van der Waals surface area contributed by atoms with Gasteiger partial charge in [0.15, 0.2) is 0 Å². The zero-order valence-electron chi connectivity index (χ0n) is 9.41. The van der Waals surface area contributed by atoms with E-state index >= 15 is 0 Å². The van der Waals surface area contributed by atoms with Crippen molar-refractivity contribution < 1.29 is 13.6 Å². The maximum Gasteiger partial charge on any atom is 0.257 e. The molecule has 1 radical (unpaired) electrons. The van der Waals surface area contributed by atoms with Crippen molar-refractivity contribution in [3.05, 3.63) is 71.3 Å². The minimum Gasteiger partial charge on any atom is -0.348 e. The van der Waals surface area contributed by atoms with E-state index in [1.54, 1.807) is 24.3 Å². The molecule has 1 amide bonds. The van der Waals surface area contributed by atoms with Gasteiger partial charge in [0.1, 0.15) is 17.2 Å². The van der Waals surface area contributed by atoms with E-state index < -0.39 is 23.1 Å². The van der Waals surface area contributed by atoms with E-state index in [4.69, 9.17) is 0 Å². The second kappa shape index (κ2) is 5.40. The first-order valence-corrected chi connectivity index (χ1v) is 5.35. The van der Waals surface area contributed by atoms with Crippen molar-refractivity contribution in [3.63, 3.8) is 0 Å². The van der Waals surface area contributed by atoms with E-state index in [-0.39, 0.29) is 6.54 Å². The Labute approximate surface area is 103 Å². The summed E-state index contributed by atoms with van der Waals surface area (Å²) in [6.07, 6.45) is 0. The first-order valence-electron chi connectivity index (χ1n) is 5.35. The van der Waals surface area contributed by atoms with Crippen LogP contribution in [0.25, 0.3) is 0 Å². The SMILES string of the molecule is O=C(NCc1cc[c]cc1)c1c(F)cccc1F. The predicted molar refractivity (Wildman–Crippen MR) is 62.8 cm³/mol. The van der Waals surface area contributed by atoms with Crippen LogP contribution in [-0.4, -0.2) is 5.91 Å². The number of rotatable bonds is 3. The molecule has 0 aliphatic rings. The zero-order chi connectivity index (χ0) is 13.0. The molecule has 0 spiro atoms. The third-order valence-electron chi connectivity index (χ3n) is 2.43. The molecule has 18 heavy (non-hydrogen) atoms. The van der Waals surface area contributed by atoms with Crippen molar-refractivity contribution in [1.29, 1.82) is 0 Å². The van der Waals surface area contributed by atoms with Gasteiger partial charge in [-0.3, -0.25) is 4.79 Å². The molecule has 2 rings (SSSR count). The lowest BCUT2D eigenvalue weighted by Crippen LogP contribution is -2.25. The Kier molecular flexibility index (Phi) is 3.67. The highest BCUT2D eigenvalue weighted by molar-refractivity contribution is 5.94. The molecule has 0 heterocycles. The summed E-state index contributed by atoms with van der Waals surface area (Å²) in [7, 11) is 0. The normalized spacial score (nSPS) is 10.1. The average molecular weight is 246 g/mol. The van der Waals surface area contributed by atoms with Crippen LogP contribution in [0.2, 0.25) is 0 Å². The lowest BCUT2D eigenvalue weighted by atomic mass is 10.1. The van der Waals surface area contributed by atoms with Crippen LogP contribution in [0.4, 0.5) is 8.78 Å². The molecule has 0 aliphatic carbocycles. The van der Waals surface area contributed by atoms with E-state index in [1.165, 1.54) is 6.07 Å². The van der Waals surface area contributed by atoms with Gasteiger partial charge in [-0.2, -0.15) is 0 Å². The summed E-state index contributed by atoms with van der Waals surface area (Å²) in [5, 5.41) is 2.46. The van der Waals surface area contributed by atoms with E-state index in [2.05, 4.69) is 11.4 Å². The lowest BCUT2D eigenvalue weighted by Gasteiger charge is -2.06. The Bertz CT molecular complexity index is 535. The molecular weight excluding hydrogens is 236 g/mol. The van der Waals surface area contributed by atoms with Gasteiger partial charge in [0.2, 0.25) is 0 Å². The molecule has 0 atom stereocenters. The minimum atomic E-state index is -0.867. The highest BCUT2D eigenvalue weighted by Gasteiger charge is 2.16. The summed E-state index contributed by atoms with van der Waals surface area (Å²) in [6, 6.07) is 13.1. The van der Waals surface area contributed by atoms with E-state index in [1.807, 2.05) is 0 Å².